The van der Waals surface area contributed by atoms with E-state index in [0.29, 0.717) is 18.8 Å². The molecule has 0 saturated heterocycles. The van der Waals surface area contributed by atoms with Gasteiger partial charge < -0.3 is 15.5 Å². The van der Waals surface area contributed by atoms with Crippen LogP contribution in [-0.2, 0) is 4.79 Å². The number of unbranched alkanes of at least 4 members (excludes halogenated alkanes) is 1. The van der Waals surface area contributed by atoms with Crippen molar-refractivity contribution in [2.24, 2.45) is 4.99 Å². The van der Waals surface area contributed by atoms with Gasteiger partial charge in [0.2, 0.25) is 5.91 Å². The molecule has 0 saturated carbocycles. The quantitative estimate of drug-likeness (QED) is 0.334. The molecular formula is C17H27N5O. The van der Waals surface area contributed by atoms with E-state index >= 15 is 0 Å². The molecule has 6 nitrogen and oxygen atoms in total. The second-order valence-electron chi connectivity index (χ2n) is 5.29. The van der Waals surface area contributed by atoms with E-state index in [-0.39, 0.29) is 5.91 Å². The summed E-state index contributed by atoms with van der Waals surface area (Å²) < 4.78 is 0. The van der Waals surface area contributed by atoms with Crippen LogP contribution in [0.25, 0.3) is 0 Å². The Morgan fingerprint density at radius 1 is 1.48 bits per heavy atom. The number of guanidine groups is 1. The molecule has 1 rings (SSSR count). The minimum absolute atomic E-state index is 0.0691. The fourth-order valence-corrected chi connectivity index (χ4v) is 2.07. The second-order valence-corrected chi connectivity index (χ2v) is 5.29. The van der Waals surface area contributed by atoms with Gasteiger partial charge in [0.25, 0.3) is 0 Å². The number of carbonyl (C=O) groups excluding carboxylic acids is 1. The van der Waals surface area contributed by atoms with Crippen molar-refractivity contribution in [3.05, 3.63) is 36.5 Å². The second kappa shape index (κ2) is 10.4. The molecule has 0 unspecified atom stereocenters. The Morgan fingerprint density at radius 3 is 2.91 bits per heavy atom. The van der Waals surface area contributed by atoms with Crippen molar-refractivity contribution >= 4 is 17.7 Å². The highest BCUT2D eigenvalue weighted by Gasteiger charge is 2.07. The number of carbonyl (C=O) groups is 1. The van der Waals surface area contributed by atoms with Crippen LogP contribution in [-0.4, -0.2) is 48.9 Å². The number of hydrogen-bond acceptors (Lipinski definition) is 3. The van der Waals surface area contributed by atoms with Gasteiger partial charge in [-0.3, -0.25) is 9.79 Å². The zero-order valence-corrected chi connectivity index (χ0v) is 14.3. The molecule has 0 aliphatic rings. The van der Waals surface area contributed by atoms with E-state index in [1.807, 2.05) is 37.1 Å². The van der Waals surface area contributed by atoms with Crippen LogP contribution in [0.5, 0.6) is 0 Å². The standard InChI is InChI=1S/C17H27N5O/c1-5-6-7-13-22(4)17(18-3)19-12-11-16(23)21-15-10-8-9-14(2)20-15/h5,8-10H,1,6-7,11-13H2,2-4H3,(H,18,19)(H,20,21,23). The van der Waals surface area contributed by atoms with Crippen molar-refractivity contribution in [2.45, 2.75) is 26.2 Å². The minimum atomic E-state index is -0.0691. The lowest BCUT2D eigenvalue weighted by molar-refractivity contribution is -0.116. The highest BCUT2D eigenvalue weighted by molar-refractivity contribution is 5.90. The first-order valence-electron chi connectivity index (χ1n) is 7.83. The zero-order chi connectivity index (χ0) is 17.1. The minimum Gasteiger partial charge on any atom is -0.356 e. The van der Waals surface area contributed by atoms with Crippen molar-refractivity contribution in [1.29, 1.82) is 0 Å². The maximum atomic E-state index is 11.9. The van der Waals surface area contributed by atoms with E-state index in [1.165, 1.54) is 0 Å². The van der Waals surface area contributed by atoms with Crippen molar-refractivity contribution in [2.75, 3.05) is 32.5 Å². The van der Waals surface area contributed by atoms with Gasteiger partial charge in [-0.15, -0.1) is 6.58 Å². The Bertz CT molecular complexity index is 542. The number of aliphatic imine (C=N–C) groups is 1. The molecule has 0 fully saturated rings. The number of hydrogen-bond donors (Lipinski definition) is 2. The Kier molecular flexibility index (Phi) is 8.42. The number of anilines is 1. The summed E-state index contributed by atoms with van der Waals surface area (Å²) in [6.07, 6.45) is 4.27. The molecule has 1 amide bonds. The highest BCUT2D eigenvalue weighted by atomic mass is 16.1. The van der Waals surface area contributed by atoms with E-state index in [9.17, 15) is 4.79 Å². The normalized spacial score (nSPS) is 11.0. The van der Waals surface area contributed by atoms with Gasteiger partial charge in [-0.2, -0.15) is 0 Å². The molecule has 0 aliphatic heterocycles. The number of rotatable bonds is 8. The van der Waals surface area contributed by atoms with Gasteiger partial charge in [0.15, 0.2) is 5.96 Å². The summed E-state index contributed by atoms with van der Waals surface area (Å²) >= 11 is 0. The van der Waals surface area contributed by atoms with E-state index in [1.54, 1.807) is 13.1 Å². The Labute approximate surface area is 138 Å². The van der Waals surface area contributed by atoms with Gasteiger partial charge >= 0.3 is 0 Å². The zero-order valence-electron chi connectivity index (χ0n) is 14.3. The molecule has 6 heteroatoms. The maximum Gasteiger partial charge on any atom is 0.227 e. The number of allylic oxidation sites excluding steroid dienone is 1. The summed E-state index contributed by atoms with van der Waals surface area (Å²) in [5.74, 6) is 1.30. The molecule has 0 bridgehead atoms. The summed E-state index contributed by atoms with van der Waals surface area (Å²) in [5, 5.41) is 5.98. The van der Waals surface area contributed by atoms with Crippen LogP contribution in [0, 0.1) is 6.92 Å². The molecule has 0 aliphatic carbocycles. The fraction of sp³-hybridized carbons (Fsp3) is 0.471. The molecule has 2 N–H and O–H groups in total. The van der Waals surface area contributed by atoms with Crippen molar-refractivity contribution in [1.82, 2.24) is 15.2 Å². The number of pyridine rings is 1. The fourth-order valence-electron chi connectivity index (χ4n) is 2.07. The molecule has 0 aromatic carbocycles. The molecule has 23 heavy (non-hydrogen) atoms. The first kappa shape index (κ1) is 18.7. The van der Waals surface area contributed by atoms with Crippen molar-refractivity contribution in [3.8, 4) is 0 Å². The monoisotopic (exact) mass is 317 g/mol. The predicted molar refractivity (Wildman–Crippen MR) is 95.6 cm³/mol. The predicted octanol–water partition coefficient (Wildman–Crippen LogP) is 2.19. The molecule has 1 aromatic heterocycles. The van der Waals surface area contributed by atoms with Gasteiger partial charge in [-0.05, 0) is 31.9 Å². The number of nitrogens with one attached hydrogen (secondary N) is 2. The molecule has 126 valence electrons. The maximum absolute atomic E-state index is 11.9. The molecular weight excluding hydrogens is 290 g/mol. The summed E-state index contributed by atoms with van der Waals surface area (Å²) in [6.45, 7) is 7.03. The Hall–Kier alpha value is -2.37. The van der Waals surface area contributed by atoms with Crippen LogP contribution in [0.1, 0.15) is 25.0 Å². The van der Waals surface area contributed by atoms with E-state index in [2.05, 4.69) is 27.2 Å². The topological polar surface area (TPSA) is 69.6 Å². The van der Waals surface area contributed by atoms with Crippen LogP contribution in [0.4, 0.5) is 5.82 Å². The summed E-state index contributed by atoms with van der Waals surface area (Å²) in [4.78, 5) is 22.4. The van der Waals surface area contributed by atoms with Gasteiger partial charge in [0, 0.05) is 39.3 Å². The number of aromatic nitrogens is 1. The summed E-state index contributed by atoms with van der Waals surface area (Å²) in [5.41, 5.74) is 0.877. The number of amides is 1. The molecule has 1 aromatic rings. The van der Waals surface area contributed by atoms with Crippen molar-refractivity contribution in [3.63, 3.8) is 0 Å². The van der Waals surface area contributed by atoms with Gasteiger partial charge in [-0.1, -0.05) is 12.1 Å². The molecule has 0 atom stereocenters. The Morgan fingerprint density at radius 2 is 2.26 bits per heavy atom. The first-order valence-corrected chi connectivity index (χ1v) is 7.83. The van der Waals surface area contributed by atoms with Crippen LogP contribution in [0.2, 0.25) is 0 Å². The first-order chi connectivity index (χ1) is 11.1. The average Bonchev–Trinajstić information content (AvgIpc) is 2.51. The molecule has 0 spiro atoms. The van der Waals surface area contributed by atoms with Crippen LogP contribution in [0.3, 0.4) is 0 Å². The van der Waals surface area contributed by atoms with Crippen LogP contribution < -0.4 is 10.6 Å². The highest BCUT2D eigenvalue weighted by Crippen LogP contribution is 2.04. The number of nitrogens with zero attached hydrogens (tertiary/aromatic N) is 3. The van der Waals surface area contributed by atoms with Crippen LogP contribution in [0.15, 0.2) is 35.8 Å². The summed E-state index contributed by atoms with van der Waals surface area (Å²) in [7, 11) is 3.72. The summed E-state index contributed by atoms with van der Waals surface area (Å²) in [6, 6.07) is 5.55. The number of aryl methyl sites for hydroxylation is 1. The van der Waals surface area contributed by atoms with Gasteiger partial charge in [0.05, 0.1) is 0 Å². The lowest BCUT2D eigenvalue weighted by atomic mass is 10.3. The van der Waals surface area contributed by atoms with E-state index in [4.69, 9.17) is 0 Å². The third-order valence-corrected chi connectivity index (χ3v) is 3.27. The average molecular weight is 317 g/mol. The lowest BCUT2D eigenvalue weighted by Gasteiger charge is -2.21. The van der Waals surface area contributed by atoms with Gasteiger partial charge in [0.1, 0.15) is 5.82 Å². The smallest absolute Gasteiger partial charge is 0.227 e. The third-order valence-electron chi connectivity index (χ3n) is 3.27. The lowest BCUT2D eigenvalue weighted by Crippen LogP contribution is -2.40. The third kappa shape index (κ3) is 7.44. The Balaban J connectivity index is 2.33. The SMILES string of the molecule is C=CCCCN(C)C(=NC)NCCC(=O)Nc1cccc(C)n1. The van der Waals surface area contributed by atoms with Gasteiger partial charge in [-0.25, -0.2) is 4.98 Å². The molecule has 1 heterocycles. The van der Waals surface area contributed by atoms with Crippen LogP contribution >= 0.6 is 0 Å². The van der Waals surface area contributed by atoms with Crippen molar-refractivity contribution < 1.29 is 4.79 Å². The van der Waals surface area contributed by atoms with E-state index in [0.717, 1.165) is 31.0 Å². The largest absolute Gasteiger partial charge is 0.356 e. The van der Waals surface area contributed by atoms with E-state index < -0.39 is 0 Å². The molecule has 0 radical (unpaired) electrons.